The van der Waals surface area contributed by atoms with Crippen molar-refractivity contribution in [2.45, 2.75) is 12.1 Å². The van der Waals surface area contributed by atoms with Gasteiger partial charge in [-0.05, 0) is 30.3 Å². The minimum atomic E-state index is -5.67. The molecule has 0 aliphatic rings. The molecule has 2 rings (SSSR count). The number of hydrogen-bond donors (Lipinski definition) is 1. The molecular formula is C12H9F5N2O. The summed E-state index contributed by atoms with van der Waals surface area (Å²) in [4.78, 5) is 0. The van der Waals surface area contributed by atoms with Crippen LogP contribution in [0.2, 0.25) is 0 Å². The second-order valence-corrected chi connectivity index (χ2v) is 3.97. The van der Waals surface area contributed by atoms with E-state index in [-0.39, 0.29) is 5.69 Å². The quantitative estimate of drug-likeness (QED) is 0.875. The second kappa shape index (κ2) is 4.77. The molecule has 0 aliphatic carbocycles. The molecule has 1 heterocycles. The topological polar surface area (TPSA) is 37.9 Å². The SMILES string of the molecule is COc1ccc(-c2cc(C(F)(F)C(F)(F)F)[nH]n2)cc1. The van der Waals surface area contributed by atoms with Gasteiger partial charge in [-0.2, -0.15) is 27.1 Å². The van der Waals surface area contributed by atoms with E-state index in [1.165, 1.54) is 19.2 Å². The Bertz CT molecular complexity index is 589. The van der Waals surface area contributed by atoms with E-state index in [0.29, 0.717) is 17.4 Å². The molecule has 108 valence electrons. The first-order chi connectivity index (χ1) is 9.25. The largest absolute Gasteiger partial charge is 0.497 e. The van der Waals surface area contributed by atoms with E-state index >= 15 is 0 Å². The molecule has 0 aliphatic heterocycles. The first-order valence-electron chi connectivity index (χ1n) is 5.40. The Hall–Kier alpha value is -2.12. The third-order valence-electron chi connectivity index (χ3n) is 2.66. The fraction of sp³-hybridized carbons (Fsp3) is 0.250. The van der Waals surface area contributed by atoms with Crippen molar-refractivity contribution in [1.29, 1.82) is 0 Å². The zero-order valence-electron chi connectivity index (χ0n) is 10.1. The molecule has 0 fully saturated rings. The maximum absolute atomic E-state index is 13.1. The van der Waals surface area contributed by atoms with Crippen LogP contribution >= 0.6 is 0 Å². The van der Waals surface area contributed by atoms with Crippen LogP contribution in [0.15, 0.2) is 30.3 Å². The van der Waals surface area contributed by atoms with E-state index in [4.69, 9.17) is 4.74 Å². The van der Waals surface area contributed by atoms with Crippen molar-refractivity contribution in [1.82, 2.24) is 10.2 Å². The minimum absolute atomic E-state index is 0.00780. The summed E-state index contributed by atoms with van der Waals surface area (Å²) in [6, 6.07) is 6.78. The lowest BCUT2D eigenvalue weighted by Gasteiger charge is -2.17. The molecule has 1 N–H and O–H groups in total. The van der Waals surface area contributed by atoms with Gasteiger partial charge in [0.25, 0.3) is 0 Å². The van der Waals surface area contributed by atoms with Gasteiger partial charge in [-0.1, -0.05) is 0 Å². The van der Waals surface area contributed by atoms with Gasteiger partial charge in [0, 0.05) is 5.56 Å². The number of benzene rings is 1. The zero-order valence-corrected chi connectivity index (χ0v) is 10.1. The molecule has 8 heteroatoms. The molecule has 0 amide bonds. The van der Waals surface area contributed by atoms with E-state index in [1.54, 1.807) is 17.2 Å². The van der Waals surface area contributed by atoms with Crippen LogP contribution in [0, 0.1) is 0 Å². The summed E-state index contributed by atoms with van der Waals surface area (Å²) in [5.74, 6) is -4.44. The normalized spacial score (nSPS) is 12.5. The number of aromatic amines is 1. The van der Waals surface area contributed by atoms with Crippen molar-refractivity contribution in [3.05, 3.63) is 36.0 Å². The summed E-state index contributed by atoms with van der Waals surface area (Å²) in [7, 11) is 1.45. The fourth-order valence-electron chi connectivity index (χ4n) is 1.54. The smallest absolute Gasteiger partial charge is 0.459 e. The average Bonchev–Trinajstić information content (AvgIpc) is 2.87. The van der Waals surface area contributed by atoms with E-state index in [1.807, 2.05) is 0 Å². The lowest BCUT2D eigenvalue weighted by Crippen LogP contribution is -2.33. The summed E-state index contributed by atoms with van der Waals surface area (Å²) >= 11 is 0. The summed E-state index contributed by atoms with van der Waals surface area (Å²) in [6.07, 6.45) is -5.67. The highest BCUT2D eigenvalue weighted by atomic mass is 19.4. The molecule has 3 nitrogen and oxygen atoms in total. The first-order valence-corrected chi connectivity index (χ1v) is 5.40. The number of alkyl halides is 5. The van der Waals surface area contributed by atoms with Crippen molar-refractivity contribution in [2.24, 2.45) is 0 Å². The van der Waals surface area contributed by atoms with Gasteiger partial charge in [0.1, 0.15) is 11.4 Å². The standard InChI is InChI=1S/C12H9F5N2O/c1-20-8-4-2-7(3-5-8)9-6-10(19-18-9)11(13,14)12(15,16)17/h2-6H,1H3,(H,18,19). The average molecular weight is 292 g/mol. The molecule has 0 bridgehead atoms. The minimum Gasteiger partial charge on any atom is -0.497 e. The van der Waals surface area contributed by atoms with E-state index in [2.05, 4.69) is 5.10 Å². The van der Waals surface area contributed by atoms with E-state index < -0.39 is 17.8 Å². The number of halogens is 5. The van der Waals surface area contributed by atoms with Gasteiger partial charge in [0.05, 0.1) is 12.8 Å². The summed E-state index contributed by atoms with van der Waals surface area (Å²) in [5.41, 5.74) is -0.909. The molecule has 2 aromatic rings. The van der Waals surface area contributed by atoms with Crippen LogP contribution in [0.5, 0.6) is 5.75 Å². The monoisotopic (exact) mass is 292 g/mol. The molecule has 1 aromatic carbocycles. The molecule has 1 aromatic heterocycles. The number of ether oxygens (including phenoxy) is 1. The Morgan fingerprint density at radius 2 is 1.65 bits per heavy atom. The van der Waals surface area contributed by atoms with Crippen molar-refractivity contribution in [3.8, 4) is 17.0 Å². The number of rotatable bonds is 3. The predicted molar refractivity (Wildman–Crippen MR) is 60.5 cm³/mol. The number of aromatic nitrogens is 2. The Labute approximate surface area is 110 Å². The summed E-state index contributed by atoms with van der Waals surface area (Å²) < 4.78 is 67.7. The van der Waals surface area contributed by atoms with Crippen molar-refractivity contribution < 1.29 is 26.7 Å². The van der Waals surface area contributed by atoms with Gasteiger partial charge >= 0.3 is 12.1 Å². The first kappa shape index (κ1) is 14.3. The second-order valence-electron chi connectivity index (χ2n) is 3.97. The highest BCUT2D eigenvalue weighted by molar-refractivity contribution is 5.60. The van der Waals surface area contributed by atoms with Gasteiger partial charge in [0.15, 0.2) is 0 Å². The Morgan fingerprint density at radius 3 is 2.15 bits per heavy atom. The van der Waals surface area contributed by atoms with Crippen molar-refractivity contribution in [2.75, 3.05) is 7.11 Å². The molecular weight excluding hydrogens is 283 g/mol. The number of nitrogens with zero attached hydrogens (tertiary/aromatic N) is 1. The lowest BCUT2D eigenvalue weighted by molar-refractivity contribution is -0.290. The van der Waals surface area contributed by atoms with Gasteiger partial charge in [-0.25, -0.2) is 0 Å². The van der Waals surface area contributed by atoms with Gasteiger partial charge in [-0.3, -0.25) is 5.10 Å². The van der Waals surface area contributed by atoms with Crippen molar-refractivity contribution in [3.63, 3.8) is 0 Å². The van der Waals surface area contributed by atoms with Gasteiger partial charge in [-0.15, -0.1) is 0 Å². The summed E-state index contributed by atoms with van der Waals surface area (Å²) in [5, 5.41) is 5.20. The predicted octanol–water partition coefficient (Wildman–Crippen LogP) is 3.74. The van der Waals surface area contributed by atoms with Crippen LogP contribution in [0.25, 0.3) is 11.3 Å². The van der Waals surface area contributed by atoms with Gasteiger partial charge < -0.3 is 4.74 Å². The highest BCUT2D eigenvalue weighted by Crippen LogP contribution is 2.43. The van der Waals surface area contributed by atoms with Crippen LogP contribution in [0.1, 0.15) is 5.69 Å². The molecule has 0 spiro atoms. The fourth-order valence-corrected chi connectivity index (χ4v) is 1.54. The molecule has 20 heavy (non-hydrogen) atoms. The highest BCUT2D eigenvalue weighted by Gasteiger charge is 2.60. The van der Waals surface area contributed by atoms with Crippen LogP contribution < -0.4 is 4.74 Å². The molecule has 0 saturated heterocycles. The Morgan fingerprint density at radius 1 is 1.05 bits per heavy atom. The molecule has 0 saturated carbocycles. The Balaban J connectivity index is 2.33. The van der Waals surface area contributed by atoms with E-state index in [9.17, 15) is 22.0 Å². The maximum atomic E-state index is 13.1. The number of methoxy groups -OCH3 is 1. The van der Waals surface area contributed by atoms with Gasteiger partial charge in [0.2, 0.25) is 0 Å². The van der Waals surface area contributed by atoms with Crippen LogP contribution in [0.4, 0.5) is 22.0 Å². The molecule has 0 radical (unpaired) electrons. The summed E-state index contributed by atoms with van der Waals surface area (Å²) in [6.45, 7) is 0. The number of nitrogens with one attached hydrogen (secondary N) is 1. The van der Waals surface area contributed by atoms with Crippen LogP contribution in [-0.2, 0) is 5.92 Å². The lowest BCUT2D eigenvalue weighted by atomic mass is 10.1. The van der Waals surface area contributed by atoms with E-state index in [0.717, 1.165) is 0 Å². The number of hydrogen-bond acceptors (Lipinski definition) is 2. The Kier molecular flexibility index (Phi) is 3.41. The molecule has 0 unspecified atom stereocenters. The third-order valence-corrected chi connectivity index (χ3v) is 2.66. The third kappa shape index (κ3) is 2.45. The zero-order chi connectivity index (χ0) is 15.0. The van der Waals surface area contributed by atoms with Crippen molar-refractivity contribution >= 4 is 0 Å². The van der Waals surface area contributed by atoms with Crippen LogP contribution in [-0.4, -0.2) is 23.5 Å². The number of H-pyrrole nitrogens is 1. The van der Waals surface area contributed by atoms with Crippen LogP contribution in [0.3, 0.4) is 0 Å². The maximum Gasteiger partial charge on any atom is 0.459 e. The molecule has 0 atom stereocenters.